The summed E-state index contributed by atoms with van der Waals surface area (Å²) in [6.07, 6.45) is 5.69. The number of thiophene rings is 1. The number of hydrogen-bond acceptors (Lipinski definition) is 4. The topological polar surface area (TPSA) is 42.7 Å². The van der Waals surface area contributed by atoms with Crippen LogP contribution in [0.2, 0.25) is 0 Å². The normalized spacial score (nSPS) is 11.0. The largest absolute Gasteiger partial charge is 0.337 e. The Hall–Kier alpha value is -3.44. The highest BCUT2D eigenvalue weighted by Crippen LogP contribution is 2.37. The lowest BCUT2D eigenvalue weighted by Gasteiger charge is -2.12. The molecule has 0 saturated carbocycles. The maximum absolute atomic E-state index is 4.51. The second-order valence-electron chi connectivity index (χ2n) is 6.15. The molecule has 27 heavy (non-hydrogen) atoms. The Bertz CT molecular complexity index is 1190. The van der Waals surface area contributed by atoms with Crippen molar-refractivity contribution in [1.29, 1.82) is 0 Å². The van der Waals surface area contributed by atoms with Crippen LogP contribution in [0.15, 0.2) is 91.5 Å². The molecule has 0 radical (unpaired) electrons. The summed E-state index contributed by atoms with van der Waals surface area (Å²) < 4.78 is 3.14. The molecular weight excluding hydrogens is 352 g/mol. The Morgan fingerprint density at radius 2 is 1.59 bits per heavy atom. The van der Waals surface area contributed by atoms with Crippen molar-refractivity contribution >= 4 is 33.1 Å². The number of para-hydroxylation sites is 2. The van der Waals surface area contributed by atoms with E-state index in [1.165, 1.54) is 10.4 Å². The van der Waals surface area contributed by atoms with E-state index in [4.69, 9.17) is 0 Å². The molecule has 0 bridgehead atoms. The predicted molar refractivity (Wildman–Crippen MR) is 112 cm³/mol. The first-order valence-electron chi connectivity index (χ1n) is 8.68. The van der Waals surface area contributed by atoms with Crippen molar-refractivity contribution < 1.29 is 0 Å². The summed E-state index contributed by atoms with van der Waals surface area (Å²) in [5.74, 6) is 0.826. The molecule has 0 saturated heterocycles. The summed E-state index contributed by atoms with van der Waals surface area (Å²) in [6, 6.07) is 24.7. The summed E-state index contributed by atoms with van der Waals surface area (Å²) in [5, 5.41) is 3.51. The Kier molecular flexibility index (Phi) is 3.92. The second-order valence-corrected chi connectivity index (χ2v) is 7.20. The Balaban J connectivity index is 1.58. The molecule has 5 aromatic rings. The first-order chi connectivity index (χ1) is 13.4. The number of rotatable bonds is 4. The first-order valence-corrected chi connectivity index (χ1v) is 9.49. The van der Waals surface area contributed by atoms with Gasteiger partial charge in [-0.2, -0.15) is 0 Å². The lowest BCUT2D eigenvalue weighted by Crippen LogP contribution is -2.00. The molecule has 3 aromatic heterocycles. The molecule has 5 heteroatoms. The number of fused-ring (bicyclic) bond motifs is 1. The second kappa shape index (κ2) is 6.70. The number of nitrogens with one attached hydrogen (secondary N) is 1. The lowest BCUT2D eigenvalue weighted by molar-refractivity contribution is 1.08. The molecule has 3 heterocycles. The quantitative estimate of drug-likeness (QED) is 0.430. The van der Waals surface area contributed by atoms with Crippen LogP contribution in [0.4, 0.5) is 11.5 Å². The Morgan fingerprint density at radius 1 is 0.815 bits per heavy atom. The molecule has 0 unspecified atom stereocenters. The molecular formula is C22H16N4S. The van der Waals surface area contributed by atoms with Crippen LogP contribution in [0.5, 0.6) is 0 Å². The van der Waals surface area contributed by atoms with Crippen LogP contribution >= 0.6 is 11.3 Å². The van der Waals surface area contributed by atoms with Crippen LogP contribution in [0.1, 0.15) is 0 Å². The van der Waals surface area contributed by atoms with E-state index in [1.807, 2.05) is 42.7 Å². The van der Waals surface area contributed by atoms with Gasteiger partial charge in [0.25, 0.3) is 0 Å². The van der Waals surface area contributed by atoms with Crippen molar-refractivity contribution in [3.8, 4) is 16.1 Å². The molecule has 0 atom stereocenters. The van der Waals surface area contributed by atoms with Gasteiger partial charge in [-0.05, 0) is 35.9 Å². The number of nitrogens with zero attached hydrogens (tertiary/aromatic N) is 3. The van der Waals surface area contributed by atoms with E-state index < -0.39 is 0 Å². The van der Waals surface area contributed by atoms with Crippen LogP contribution < -0.4 is 5.32 Å². The Morgan fingerprint density at radius 3 is 2.44 bits per heavy atom. The number of anilines is 2. The predicted octanol–water partition coefficient (Wildman–Crippen LogP) is 5.89. The zero-order valence-electron chi connectivity index (χ0n) is 14.4. The highest BCUT2D eigenvalue weighted by atomic mass is 32.1. The van der Waals surface area contributed by atoms with Gasteiger partial charge < -0.3 is 9.88 Å². The maximum Gasteiger partial charge on any atom is 0.151 e. The van der Waals surface area contributed by atoms with Gasteiger partial charge in [0.15, 0.2) is 5.82 Å². The molecule has 4 nitrogen and oxygen atoms in total. The fourth-order valence-electron chi connectivity index (χ4n) is 3.12. The molecule has 0 amide bonds. The van der Waals surface area contributed by atoms with Crippen LogP contribution in [-0.2, 0) is 0 Å². The summed E-state index contributed by atoms with van der Waals surface area (Å²) >= 11 is 1.71. The van der Waals surface area contributed by atoms with Crippen LogP contribution in [0.3, 0.4) is 0 Å². The molecule has 5 rings (SSSR count). The van der Waals surface area contributed by atoms with E-state index >= 15 is 0 Å². The van der Waals surface area contributed by atoms with E-state index in [9.17, 15) is 0 Å². The van der Waals surface area contributed by atoms with E-state index in [1.54, 1.807) is 17.7 Å². The van der Waals surface area contributed by atoms with Crippen molar-refractivity contribution in [3.63, 3.8) is 0 Å². The zero-order valence-corrected chi connectivity index (χ0v) is 15.2. The fraction of sp³-hybridized carbons (Fsp3) is 0. The van der Waals surface area contributed by atoms with Crippen molar-refractivity contribution in [3.05, 3.63) is 91.5 Å². The van der Waals surface area contributed by atoms with Crippen molar-refractivity contribution in [1.82, 2.24) is 14.5 Å². The van der Waals surface area contributed by atoms with Crippen LogP contribution in [-0.4, -0.2) is 14.5 Å². The molecule has 2 aromatic carbocycles. The SMILES string of the molecule is c1ccc(-c2cc3ncnc(Nc4ccccc4-n4cccc4)c3s2)cc1. The molecule has 0 fully saturated rings. The van der Waals surface area contributed by atoms with E-state index in [2.05, 4.69) is 62.3 Å². The average Bonchev–Trinajstić information content (AvgIpc) is 3.40. The maximum atomic E-state index is 4.51. The minimum atomic E-state index is 0.826. The smallest absolute Gasteiger partial charge is 0.151 e. The third-order valence-corrected chi connectivity index (χ3v) is 5.59. The van der Waals surface area contributed by atoms with Crippen molar-refractivity contribution in [2.24, 2.45) is 0 Å². The van der Waals surface area contributed by atoms with Crippen molar-refractivity contribution in [2.45, 2.75) is 0 Å². The van der Waals surface area contributed by atoms with Crippen LogP contribution in [0, 0.1) is 0 Å². The van der Waals surface area contributed by atoms with E-state index in [0.29, 0.717) is 0 Å². The highest BCUT2D eigenvalue weighted by molar-refractivity contribution is 7.22. The van der Waals surface area contributed by atoms with E-state index in [-0.39, 0.29) is 0 Å². The summed E-state index contributed by atoms with van der Waals surface area (Å²) in [7, 11) is 0. The van der Waals surface area contributed by atoms with Crippen LogP contribution in [0.25, 0.3) is 26.3 Å². The van der Waals surface area contributed by atoms with Gasteiger partial charge in [-0.25, -0.2) is 9.97 Å². The minimum Gasteiger partial charge on any atom is -0.337 e. The first kappa shape index (κ1) is 15.8. The van der Waals surface area contributed by atoms with Gasteiger partial charge in [0.05, 0.1) is 21.6 Å². The fourth-order valence-corrected chi connectivity index (χ4v) is 4.18. The van der Waals surface area contributed by atoms with Gasteiger partial charge in [-0.3, -0.25) is 0 Å². The van der Waals surface area contributed by atoms with Gasteiger partial charge in [0, 0.05) is 17.3 Å². The molecule has 0 aliphatic rings. The standard InChI is InChI=1S/C22H16N4S/c1-2-8-16(9-3-1)20-14-18-21(27-20)22(24-15-23-18)25-17-10-4-5-11-19(17)26-12-6-7-13-26/h1-15H,(H,23,24,25). The number of benzene rings is 2. The Labute approximate surface area is 160 Å². The highest BCUT2D eigenvalue weighted by Gasteiger charge is 2.12. The molecule has 0 aliphatic heterocycles. The third kappa shape index (κ3) is 2.98. The monoisotopic (exact) mass is 368 g/mol. The zero-order chi connectivity index (χ0) is 18.1. The van der Waals surface area contributed by atoms with Gasteiger partial charge in [-0.15, -0.1) is 11.3 Å². The molecule has 130 valence electrons. The molecule has 1 N–H and O–H groups in total. The van der Waals surface area contributed by atoms with Gasteiger partial charge in [-0.1, -0.05) is 42.5 Å². The third-order valence-electron chi connectivity index (χ3n) is 4.41. The van der Waals surface area contributed by atoms with Gasteiger partial charge >= 0.3 is 0 Å². The summed E-state index contributed by atoms with van der Waals surface area (Å²) in [4.78, 5) is 10.2. The van der Waals surface area contributed by atoms with E-state index in [0.717, 1.165) is 27.4 Å². The number of aromatic nitrogens is 3. The summed E-state index contributed by atoms with van der Waals surface area (Å²) in [5.41, 5.74) is 4.23. The van der Waals surface area contributed by atoms with Gasteiger partial charge in [0.1, 0.15) is 6.33 Å². The summed E-state index contributed by atoms with van der Waals surface area (Å²) in [6.45, 7) is 0. The van der Waals surface area contributed by atoms with Crippen molar-refractivity contribution in [2.75, 3.05) is 5.32 Å². The lowest BCUT2D eigenvalue weighted by atomic mass is 10.2. The molecule has 0 aliphatic carbocycles. The molecule has 0 spiro atoms. The van der Waals surface area contributed by atoms with Gasteiger partial charge in [0.2, 0.25) is 0 Å². The number of hydrogen-bond donors (Lipinski definition) is 1. The average molecular weight is 368 g/mol. The minimum absolute atomic E-state index is 0.826.